The molecule has 8 nitrogen and oxygen atoms in total. The minimum atomic E-state index is -2.15. The number of hydrogen-bond acceptors (Lipinski definition) is 8. The number of phenols is 2. The lowest BCUT2D eigenvalue weighted by molar-refractivity contribution is -0.170. The molecular formula is C18H27NO7. The van der Waals surface area contributed by atoms with Crippen molar-refractivity contribution in [3.8, 4) is 11.5 Å². The Labute approximate surface area is 152 Å². The first-order valence-electron chi connectivity index (χ1n) is 8.59. The molecule has 4 N–H and O–H groups in total. The number of unbranched alkanes of at least 4 members (excludes halogenated alkanes) is 1. The average Bonchev–Trinajstić information content (AvgIpc) is 2.61. The lowest BCUT2D eigenvalue weighted by atomic mass is 9.90. The van der Waals surface area contributed by atoms with Crippen molar-refractivity contribution in [1.29, 1.82) is 0 Å². The van der Waals surface area contributed by atoms with E-state index in [9.17, 15) is 19.8 Å². The Morgan fingerprint density at radius 2 is 1.81 bits per heavy atom. The van der Waals surface area contributed by atoms with E-state index < -0.39 is 23.8 Å². The minimum Gasteiger partial charge on any atom is -0.504 e. The third-order valence-corrected chi connectivity index (χ3v) is 3.87. The van der Waals surface area contributed by atoms with Crippen molar-refractivity contribution in [2.24, 2.45) is 5.73 Å². The molecule has 0 aliphatic rings. The number of ether oxygens (including phenoxy) is 3. The van der Waals surface area contributed by atoms with Gasteiger partial charge in [-0.05, 0) is 30.5 Å². The van der Waals surface area contributed by atoms with Crippen molar-refractivity contribution in [2.75, 3.05) is 13.2 Å². The molecule has 146 valence electrons. The summed E-state index contributed by atoms with van der Waals surface area (Å²) in [6.45, 7) is 5.54. The molecule has 0 spiro atoms. The molecule has 0 saturated carbocycles. The number of rotatable bonds is 9. The lowest BCUT2D eigenvalue weighted by Crippen LogP contribution is -2.56. The van der Waals surface area contributed by atoms with Crippen molar-refractivity contribution in [3.63, 3.8) is 0 Å². The molecule has 1 rings (SSSR count). The molecule has 0 aromatic heterocycles. The summed E-state index contributed by atoms with van der Waals surface area (Å²) < 4.78 is 15.1. The van der Waals surface area contributed by atoms with Crippen LogP contribution in [0, 0.1) is 0 Å². The van der Waals surface area contributed by atoms with Gasteiger partial charge in [-0.1, -0.05) is 33.3 Å². The molecule has 0 fully saturated rings. The number of benzene rings is 1. The zero-order valence-corrected chi connectivity index (χ0v) is 15.4. The van der Waals surface area contributed by atoms with Crippen LogP contribution in [-0.2, 0) is 19.0 Å². The molecule has 1 aromatic carbocycles. The van der Waals surface area contributed by atoms with Crippen LogP contribution in [0.15, 0.2) is 18.2 Å². The molecular weight excluding hydrogens is 342 g/mol. The lowest BCUT2D eigenvalue weighted by Gasteiger charge is -2.32. The summed E-state index contributed by atoms with van der Waals surface area (Å²) in [5.74, 6) is -2.51. The van der Waals surface area contributed by atoms with Crippen LogP contribution in [-0.4, -0.2) is 41.3 Å². The molecule has 26 heavy (non-hydrogen) atoms. The van der Waals surface area contributed by atoms with Gasteiger partial charge in [-0.2, -0.15) is 0 Å². The van der Waals surface area contributed by atoms with Gasteiger partial charge in [-0.15, -0.1) is 0 Å². The Hall–Kier alpha value is -2.48. The van der Waals surface area contributed by atoms with E-state index in [1.807, 2.05) is 13.8 Å². The van der Waals surface area contributed by atoms with Crippen LogP contribution in [0.2, 0.25) is 0 Å². The quantitative estimate of drug-likeness (QED) is 0.262. The fraction of sp³-hybridized carbons (Fsp3) is 0.556. The Morgan fingerprint density at radius 1 is 1.12 bits per heavy atom. The summed E-state index contributed by atoms with van der Waals surface area (Å²) in [6.07, 6.45) is 0.957. The van der Waals surface area contributed by atoms with Crippen LogP contribution in [0.3, 0.4) is 0 Å². The highest BCUT2D eigenvalue weighted by atomic mass is 16.7. The molecule has 0 radical (unpaired) electrons. The van der Waals surface area contributed by atoms with E-state index in [0.717, 1.165) is 6.42 Å². The monoisotopic (exact) mass is 369 g/mol. The maximum absolute atomic E-state index is 12.5. The summed E-state index contributed by atoms with van der Waals surface area (Å²) in [6, 6.07) is 3.94. The molecule has 0 saturated heterocycles. The Balaban J connectivity index is 3.06. The van der Waals surface area contributed by atoms with Crippen molar-refractivity contribution in [2.45, 2.75) is 51.7 Å². The highest BCUT2D eigenvalue weighted by Gasteiger charge is 2.47. The number of aromatic hydroxyl groups is 2. The number of hydrogen-bond donors (Lipinski definition) is 3. The van der Waals surface area contributed by atoms with Gasteiger partial charge in [0.1, 0.15) is 0 Å². The molecule has 0 heterocycles. The second-order valence-corrected chi connectivity index (χ2v) is 5.95. The first kappa shape index (κ1) is 21.6. The summed E-state index contributed by atoms with van der Waals surface area (Å²) in [5.41, 5.74) is 4.33. The molecule has 1 unspecified atom stereocenters. The van der Waals surface area contributed by atoms with Crippen LogP contribution in [0.5, 0.6) is 11.5 Å². The number of esters is 1. The Kier molecular flexibility index (Phi) is 8.18. The van der Waals surface area contributed by atoms with Crippen LogP contribution < -0.4 is 5.73 Å². The number of carbonyl (C=O) groups is 2. The van der Waals surface area contributed by atoms with Gasteiger partial charge in [0.15, 0.2) is 11.5 Å². The van der Waals surface area contributed by atoms with E-state index >= 15 is 0 Å². The molecule has 0 aliphatic heterocycles. The summed E-state index contributed by atoms with van der Waals surface area (Å²) in [5, 5.41) is 19.1. The molecule has 8 heteroatoms. The summed E-state index contributed by atoms with van der Waals surface area (Å²) >= 11 is 0. The summed E-state index contributed by atoms with van der Waals surface area (Å²) in [4.78, 5) is 24.4. The van der Waals surface area contributed by atoms with Gasteiger partial charge in [0.2, 0.25) is 0 Å². The number of nitrogens with two attached hydrogens (primary N) is 1. The second-order valence-electron chi connectivity index (χ2n) is 5.95. The fourth-order valence-corrected chi connectivity index (χ4v) is 2.14. The minimum absolute atomic E-state index is 0.111. The SMILES string of the molecule is CCCCOC(=O)O[C@](N)(C(=O)OCCC)C(C)c1ccc(O)c(O)c1. The van der Waals surface area contributed by atoms with E-state index in [4.69, 9.17) is 19.9 Å². The molecule has 0 amide bonds. The third kappa shape index (κ3) is 5.52. The van der Waals surface area contributed by atoms with Crippen molar-refractivity contribution in [1.82, 2.24) is 0 Å². The van der Waals surface area contributed by atoms with E-state index in [1.165, 1.54) is 18.2 Å². The molecule has 1 aromatic rings. The number of phenolic OH excluding ortho intramolecular Hbond substituents is 2. The highest BCUT2D eigenvalue weighted by Crippen LogP contribution is 2.34. The van der Waals surface area contributed by atoms with Crippen LogP contribution in [0.4, 0.5) is 4.79 Å². The number of carbonyl (C=O) groups excluding carboxylic acids is 2. The smallest absolute Gasteiger partial charge is 0.504 e. The van der Waals surface area contributed by atoms with Gasteiger partial charge < -0.3 is 24.4 Å². The molecule has 2 atom stereocenters. The van der Waals surface area contributed by atoms with Gasteiger partial charge in [-0.25, -0.2) is 9.59 Å². The van der Waals surface area contributed by atoms with Crippen molar-refractivity contribution >= 4 is 12.1 Å². The Morgan fingerprint density at radius 3 is 2.38 bits per heavy atom. The van der Waals surface area contributed by atoms with Crippen molar-refractivity contribution < 1.29 is 34.0 Å². The first-order chi connectivity index (χ1) is 12.3. The maximum Gasteiger partial charge on any atom is 0.510 e. The molecule has 0 aliphatic carbocycles. The largest absolute Gasteiger partial charge is 0.510 e. The highest BCUT2D eigenvalue weighted by molar-refractivity contribution is 5.83. The summed E-state index contributed by atoms with van der Waals surface area (Å²) in [7, 11) is 0. The normalized spacial score (nSPS) is 14.2. The van der Waals surface area contributed by atoms with E-state index in [1.54, 1.807) is 6.92 Å². The molecule has 0 bridgehead atoms. The predicted molar refractivity (Wildman–Crippen MR) is 93.7 cm³/mol. The van der Waals surface area contributed by atoms with Crippen LogP contribution in [0.1, 0.15) is 51.5 Å². The average molecular weight is 369 g/mol. The standard InChI is InChI=1S/C18H27NO7/c1-4-6-10-25-17(23)26-18(19,16(22)24-9-5-2)12(3)13-7-8-14(20)15(21)11-13/h7-8,11-12,20-21H,4-6,9-10,19H2,1-3H3/t12?,18-/m0/s1. The van der Waals surface area contributed by atoms with Crippen LogP contribution >= 0.6 is 0 Å². The zero-order valence-electron chi connectivity index (χ0n) is 15.4. The second kappa shape index (κ2) is 9.86. The van der Waals surface area contributed by atoms with Gasteiger partial charge in [-0.3, -0.25) is 5.73 Å². The van der Waals surface area contributed by atoms with Gasteiger partial charge in [0.25, 0.3) is 5.72 Å². The van der Waals surface area contributed by atoms with Gasteiger partial charge in [0, 0.05) is 5.92 Å². The first-order valence-corrected chi connectivity index (χ1v) is 8.59. The maximum atomic E-state index is 12.5. The van der Waals surface area contributed by atoms with E-state index in [-0.39, 0.29) is 24.7 Å². The fourth-order valence-electron chi connectivity index (χ4n) is 2.14. The van der Waals surface area contributed by atoms with Crippen LogP contribution in [0.25, 0.3) is 0 Å². The topological polar surface area (TPSA) is 128 Å². The van der Waals surface area contributed by atoms with Gasteiger partial charge >= 0.3 is 12.1 Å². The van der Waals surface area contributed by atoms with Gasteiger partial charge in [0.05, 0.1) is 13.2 Å². The zero-order chi connectivity index (χ0) is 19.7. The third-order valence-electron chi connectivity index (χ3n) is 3.87. The predicted octanol–water partition coefficient (Wildman–Crippen LogP) is 2.76. The van der Waals surface area contributed by atoms with E-state index in [2.05, 4.69) is 0 Å². The van der Waals surface area contributed by atoms with E-state index in [0.29, 0.717) is 18.4 Å². The Bertz CT molecular complexity index is 620. The van der Waals surface area contributed by atoms with Crippen molar-refractivity contribution in [3.05, 3.63) is 23.8 Å².